The van der Waals surface area contributed by atoms with Gasteiger partial charge in [-0.2, -0.15) is 0 Å². The van der Waals surface area contributed by atoms with Crippen LogP contribution < -0.4 is 5.32 Å². The molecule has 0 bridgehead atoms. The minimum Gasteiger partial charge on any atom is -0.444 e. The number of ether oxygens (including phenoxy) is 1. The van der Waals surface area contributed by atoms with E-state index in [1.54, 1.807) is 12.1 Å². The summed E-state index contributed by atoms with van der Waals surface area (Å²) in [5.41, 5.74) is 2.36. The van der Waals surface area contributed by atoms with Gasteiger partial charge in [-0.15, -0.1) is 10.2 Å². The number of H-pyrrole nitrogens is 1. The first-order valence-electron chi connectivity index (χ1n) is 10.6. The van der Waals surface area contributed by atoms with Crippen molar-refractivity contribution in [3.05, 3.63) is 75.7 Å². The van der Waals surface area contributed by atoms with Gasteiger partial charge >= 0.3 is 6.09 Å². The van der Waals surface area contributed by atoms with Gasteiger partial charge in [-0.1, -0.05) is 59.2 Å². The van der Waals surface area contributed by atoms with Crippen molar-refractivity contribution in [2.45, 2.75) is 49.8 Å². The van der Waals surface area contributed by atoms with Gasteiger partial charge in [0.25, 0.3) is 5.22 Å². The second-order valence-electron chi connectivity index (χ2n) is 8.71. The molecule has 34 heavy (non-hydrogen) atoms. The maximum absolute atomic E-state index is 12.6. The van der Waals surface area contributed by atoms with Crippen LogP contribution in [0.2, 0.25) is 10.0 Å². The quantitative estimate of drug-likeness (QED) is 0.257. The minimum atomic E-state index is -0.634. The molecule has 7 nitrogen and oxygen atoms in total. The standard InChI is InChI=1S/C24H24Cl2N4O3S/c1-24(2,3)33-22(31)28-20(11-15-12-27-19-7-5-4-6-16(15)19)21-29-30-23(32-21)34-13-14-8-9-17(25)18(26)10-14/h4-10,12,20,27H,11,13H2,1-3H3,(H,28,31)/t20-/m0/s1. The number of halogens is 2. The maximum atomic E-state index is 12.6. The van der Waals surface area contributed by atoms with Gasteiger partial charge in [0.15, 0.2) is 0 Å². The van der Waals surface area contributed by atoms with Crippen LogP contribution in [0.1, 0.15) is 43.8 Å². The molecule has 2 heterocycles. The molecular weight excluding hydrogens is 495 g/mol. The highest BCUT2D eigenvalue weighted by Gasteiger charge is 2.26. The zero-order valence-corrected chi connectivity index (χ0v) is 21.2. The number of para-hydroxylation sites is 1. The van der Waals surface area contributed by atoms with Crippen LogP contribution >= 0.6 is 35.0 Å². The van der Waals surface area contributed by atoms with Gasteiger partial charge in [-0.05, 0) is 50.1 Å². The Kier molecular flexibility index (Phi) is 7.40. The van der Waals surface area contributed by atoms with E-state index in [0.717, 1.165) is 22.0 Å². The van der Waals surface area contributed by atoms with E-state index < -0.39 is 17.7 Å². The first-order chi connectivity index (χ1) is 16.2. The smallest absolute Gasteiger partial charge is 0.408 e. The summed E-state index contributed by atoms with van der Waals surface area (Å²) in [7, 11) is 0. The Bertz CT molecular complexity index is 1300. The van der Waals surface area contributed by atoms with Crippen LogP contribution in [0.3, 0.4) is 0 Å². The van der Waals surface area contributed by atoms with Crippen molar-refractivity contribution >= 4 is 52.0 Å². The van der Waals surface area contributed by atoms with Gasteiger partial charge in [-0.3, -0.25) is 0 Å². The Morgan fingerprint density at radius 2 is 1.97 bits per heavy atom. The Balaban J connectivity index is 1.52. The van der Waals surface area contributed by atoms with Gasteiger partial charge in [0.2, 0.25) is 5.89 Å². The lowest BCUT2D eigenvalue weighted by Crippen LogP contribution is -2.36. The lowest BCUT2D eigenvalue weighted by atomic mass is 10.1. The van der Waals surface area contributed by atoms with Gasteiger partial charge in [0, 0.05) is 29.3 Å². The molecule has 10 heteroatoms. The SMILES string of the molecule is CC(C)(C)OC(=O)N[C@@H](Cc1c[nH]c2ccccc12)c1nnc(SCc2ccc(Cl)c(Cl)c2)o1. The maximum Gasteiger partial charge on any atom is 0.408 e. The number of carbonyl (C=O) groups is 1. The Labute approximate surface area is 211 Å². The Hall–Kier alpha value is -2.68. The molecule has 0 spiro atoms. The van der Waals surface area contributed by atoms with Gasteiger partial charge < -0.3 is 19.5 Å². The van der Waals surface area contributed by atoms with Crippen LogP contribution in [0.25, 0.3) is 10.9 Å². The largest absolute Gasteiger partial charge is 0.444 e. The fourth-order valence-electron chi connectivity index (χ4n) is 3.36. The van der Waals surface area contributed by atoms with Crippen molar-refractivity contribution < 1.29 is 13.9 Å². The number of alkyl carbamates (subject to hydrolysis) is 1. The number of amides is 1. The number of hydrogen-bond donors (Lipinski definition) is 2. The summed E-state index contributed by atoms with van der Waals surface area (Å²) in [4.78, 5) is 15.8. The number of hydrogen-bond acceptors (Lipinski definition) is 6. The first-order valence-corrected chi connectivity index (χ1v) is 12.4. The summed E-state index contributed by atoms with van der Waals surface area (Å²) in [6.07, 6.45) is 1.81. The zero-order valence-electron chi connectivity index (χ0n) is 18.9. The highest BCUT2D eigenvalue weighted by molar-refractivity contribution is 7.98. The summed E-state index contributed by atoms with van der Waals surface area (Å²) in [5, 5.41) is 13.7. The number of rotatable bonds is 7. The number of carbonyl (C=O) groups excluding carboxylic acids is 1. The van der Waals surface area contributed by atoms with E-state index in [4.69, 9.17) is 32.4 Å². The van der Waals surface area contributed by atoms with Crippen molar-refractivity contribution in [2.75, 3.05) is 0 Å². The molecule has 1 amide bonds. The molecule has 1 atom stereocenters. The predicted molar refractivity (Wildman–Crippen MR) is 134 cm³/mol. The minimum absolute atomic E-state index is 0.299. The molecule has 2 aromatic heterocycles. The molecule has 0 aliphatic rings. The first kappa shape index (κ1) is 24.4. The fraction of sp³-hybridized carbons (Fsp3) is 0.292. The third-order valence-electron chi connectivity index (χ3n) is 4.86. The number of nitrogens with zero attached hydrogens (tertiary/aromatic N) is 2. The molecular formula is C24H24Cl2N4O3S. The van der Waals surface area contributed by atoms with E-state index in [9.17, 15) is 4.79 Å². The number of benzene rings is 2. The average Bonchev–Trinajstić information content (AvgIpc) is 3.40. The number of fused-ring (bicyclic) bond motifs is 1. The molecule has 178 valence electrons. The number of nitrogens with one attached hydrogen (secondary N) is 2. The molecule has 0 saturated heterocycles. The van der Waals surface area contributed by atoms with Crippen LogP contribution in [0.5, 0.6) is 0 Å². The van der Waals surface area contributed by atoms with Crippen molar-refractivity contribution in [1.82, 2.24) is 20.5 Å². The average molecular weight is 519 g/mol. The second kappa shape index (κ2) is 10.3. The lowest BCUT2D eigenvalue weighted by Gasteiger charge is -2.22. The molecule has 0 saturated carbocycles. The summed E-state index contributed by atoms with van der Waals surface area (Å²) in [5.74, 6) is 0.873. The monoisotopic (exact) mass is 518 g/mol. The topological polar surface area (TPSA) is 93.0 Å². The molecule has 0 aliphatic carbocycles. The lowest BCUT2D eigenvalue weighted by molar-refractivity contribution is 0.0494. The highest BCUT2D eigenvalue weighted by atomic mass is 35.5. The summed E-state index contributed by atoms with van der Waals surface area (Å²) >= 11 is 13.5. The van der Waals surface area contributed by atoms with Crippen LogP contribution in [-0.2, 0) is 16.9 Å². The van der Waals surface area contributed by atoms with Gasteiger partial charge in [0.1, 0.15) is 11.6 Å². The molecule has 0 radical (unpaired) electrons. The van der Waals surface area contributed by atoms with Crippen molar-refractivity contribution in [3.8, 4) is 0 Å². The van der Waals surface area contributed by atoms with Crippen molar-refractivity contribution in [3.63, 3.8) is 0 Å². The summed E-state index contributed by atoms with van der Waals surface area (Å²) in [6, 6.07) is 12.8. The van der Waals surface area contributed by atoms with Crippen LogP contribution in [0.15, 0.2) is 58.3 Å². The highest BCUT2D eigenvalue weighted by Crippen LogP contribution is 2.29. The third-order valence-corrected chi connectivity index (χ3v) is 6.49. The fourth-order valence-corrected chi connectivity index (χ4v) is 4.40. The normalized spacial score (nSPS) is 12.6. The van der Waals surface area contributed by atoms with E-state index in [1.165, 1.54) is 11.8 Å². The Morgan fingerprint density at radius 1 is 1.18 bits per heavy atom. The molecule has 0 unspecified atom stereocenters. The number of thioether (sulfide) groups is 1. The van der Waals surface area contributed by atoms with Crippen molar-refractivity contribution in [2.24, 2.45) is 0 Å². The molecule has 2 N–H and O–H groups in total. The van der Waals surface area contributed by atoms with E-state index in [2.05, 4.69) is 20.5 Å². The predicted octanol–water partition coefficient (Wildman–Crippen LogP) is 6.96. The van der Waals surface area contributed by atoms with E-state index in [1.807, 2.05) is 57.3 Å². The molecule has 2 aromatic carbocycles. The van der Waals surface area contributed by atoms with Crippen LogP contribution in [0, 0.1) is 0 Å². The third kappa shape index (κ3) is 6.25. The zero-order chi connectivity index (χ0) is 24.3. The summed E-state index contributed by atoms with van der Waals surface area (Å²) < 4.78 is 11.4. The van der Waals surface area contributed by atoms with Gasteiger partial charge in [0.05, 0.1) is 10.0 Å². The van der Waals surface area contributed by atoms with E-state index in [-0.39, 0.29) is 0 Å². The van der Waals surface area contributed by atoms with Crippen molar-refractivity contribution in [1.29, 1.82) is 0 Å². The second-order valence-corrected chi connectivity index (χ2v) is 10.4. The molecule has 4 rings (SSSR count). The molecule has 0 aliphatic heterocycles. The van der Waals surface area contributed by atoms with Crippen LogP contribution in [-0.4, -0.2) is 26.9 Å². The number of aromatic nitrogens is 3. The molecule has 0 fully saturated rings. The van der Waals surface area contributed by atoms with E-state index in [0.29, 0.717) is 33.3 Å². The molecule has 4 aromatic rings. The number of aromatic amines is 1. The van der Waals surface area contributed by atoms with Crippen LogP contribution in [0.4, 0.5) is 4.79 Å². The Morgan fingerprint density at radius 3 is 2.74 bits per heavy atom. The summed E-state index contributed by atoms with van der Waals surface area (Å²) in [6.45, 7) is 5.43. The van der Waals surface area contributed by atoms with Gasteiger partial charge in [-0.25, -0.2) is 4.79 Å². The van der Waals surface area contributed by atoms with E-state index >= 15 is 0 Å².